The number of aryl methyl sites for hydroxylation is 1. The zero-order valence-electron chi connectivity index (χ0n) is 7.03. The minimum Gasteiger partial charge on any atom is -0.395 e. The third kappa shape index (κ3) is 1.71. The summed E-state index contributed by atoms with van der Waals surface area (Å²) in [7, 11) is 0. The van der Waals surface area contributed by atoms with E-state index in [-0.39, 0.29) is 6.61 Å². The fraction of sp³-hybridized carbons (Fsp3) is 0.500. The van der Waals surface area contributed by atoms with Crippen LogP contribution in [0.3, 0.4) is 0 Å². The van der Waals surface area contributed by atoms with Gasteiger partial charge in [0.25, 0.3) is 0 Å². The molecule has 4 nitrogen and oxygen atoms in total. The highest BCUT2D eigenvalue weighted by molar-refractivity contribution is 5.69. The van der Waals surface area contributed by atoms with Crippen molar-refractivity contribution in [2.24, 2.45) is 0 Å². The number of imidazole rings is 1. The minimum absolute atomic E-state index is 0.0281. The second kappa shape index (κ2) is 4.01. The van der Waals surface area contributed by atoms with Crippen LogP contribution in [0.1, 0.15) is 23.2 Å². The Morgan fingerprint density at radius 3 is 3.00 bits per heavy atom. The van der Waals surface area contributed by atoms with Gasteiger partial charge in [0.05, 0.1) is 12.3 Å². The van der Waals surface area contributed by atoms with Crippen LogP contribution in [-0.2, 0) is 13.0 Å². The van der Waals surface area contributed by atoms with E-state index in [1.54, 1.807) is 10.8 Å². The van der Waals surface area contributed by atoms with Gasteiger partial charge >= 0.3 is 0 Å². The average molecular weight is 168 g/mol. The summed E-state index contributed by atoms with van der Waals surface area (Å²) >= 11 is 0. The van der Waals surface area contributed by atoms with E-state index in [0.29, 0.717) is 18.7 Å². The lowest BCUT2D eigenvalue weighted by Gasteiger charge is -1.97. The van der Waals surface area contributed by atoms with Crippen LogP contribution in [0, 0.1) is 0 Å². The first kappa shape index (κ1) is 8.93. The Balaban J connectivity index is 2.91. The first-order chi connectivity index (χ1) is 5.81. The van der Waals surface area contributed by atoms with Crippen molar-refractivity contribution in [2.75, 3.05) is 6.61 Å². The van der Waals surface area contributed by atoms with E-state index in [1.165, 1.54) is 0 Å². The van der Waals surface area contributed by atoms with E-state index in [4.69, 9.17) is 5.11 Å². The Hall–Kier alpha value is -1.16. The number of hydrogen-bond donors (Lipinski definition) is 1. The predicted molar refractivity (Wildman–Crippen MR) is 44.1 cm³/mol. The molecule has 4 heteroatoms. The predicted octanol–water partition coefficient (Wildman–Crippen LogP) is 0.250. The molecule has 0 saturated heterocycles. The largest absolute Gasteiger partial charge is 0.395 e. The summed E-state index contributed by atoms with van der Waals surface area (Å²) in [5, 5.41) is 8.66. The summed E-state index contributed by atoms with van der Waals surface area (Å²) in [4.78, 5) is 14.5. The quantitative estimate of drug-likeness (QED) is 0.656. The van der Waals surface area contributed by atoms with Gasteiger partial charge in [-0.2, -0.15) is 0 Å². The number of nitrogens with zero attached hydrogens (tertiary/aromatic N) is 2. The number of aliphatic hydroxyl groups is 1. The van der Waals surface area contributed by atoms with E-state index in [1.807, 2.05) is 6.92 Å². The van der Waals surface area contributed by atoms with Gasteiger partial charge in [0, 0.05) is 12.7 Å². The maximum Gasteiger partial charge on any atom is 0.185 e. The molecule has 0 unspecified atom stereocenters. The van der Waals surface area contributed by atoms with Gasteiger partial charge in [-0.05, 0) is 6.42 Å². The van der Waals surface area contributed by atoms with E-state index in [2.05, 4.69) is 4.98 Å². The van der Waals surface area contributed by atoms with E-state index >= 15 is 0 Å². The van der Waals surface area contributed by atoms with Gasteiger partial charge in [-0.25, -0.2) is 4.98 Å². The van der Waals surface area contributed by atoms with Crippen LogP contribution in [0.4, 0.5) is 0 Å². The Morgan fingerprint density at radius 2 is 2.50 bits per heavy atom. The van der Waals surface area contributed by atoms with Crippen molar-refractivity contribution in [1.82, 2.24) is 9.55 Å². The number of carbonyl (C=O) groups is 1. The number of rotatable bonds is 4. The highest BCUT2D eigenvalue weighted by Crippen LogP contribution is 2.01. The van der Waals surface area contributed by atoms with Gasteiger partial charge in [-0.1, -0.05) is 6.92 Å². The molecule has 0 atom stereocenters. The lowest BCUT2D eigenvalue weighted by molar-refractivity contribution is 0.111. The molecule has 1 heterocycles. The molecule has 0 aromatic carbocycles. The number of aldehydes is 1. The minimum atomic E-state index is 0.0281. The van der Waals surface area contributed by atoms with Crippen LogP contribution < -0.4 is 0 Å². The third-order valence-corrected chi connectivity index (χ3v) is 1.67. The molecule has 1 rings (SSSR count). The fourth-order valence-electron chi connectivity index (χ4n) is 1.04. The molecule has 66 valence electrons. The summed E-state index contributed by atoms with van der Waals surface area (Å²) in [5.41, 5.74) is 0.880. The molecule has 0 bridgehead atoms. The van der Waals surface area contributed by atoms with Crippen LogP contribution in [0.25, 0.3) is 0 Å². The van der Waals surface area contributed by atoms with Gasteiger partial charge in [-0.3, -0.25) is 4.79 Å². The fourth-order valence-corrected chi connectivity index (χ4v) is 1.04. The molecule has 0 fully saturated rings. The van der Waals surface area contributed by atoms with Crippen LogP contribution in [0.15, 0.2) is 6.20 Å². The lowest BCUT2D eigenvalue weighted by atomic mass is 10.4. The monoisotopic (exact) mass is 168 g/mol. The Labute approximate surface area is 70.9 Å². The molecule has 0 aliphatic heterocycles. The molecule has 0 aliphatic carbocycles. The number of carbonyl (C=O) groups excluding carboxylic acids is 1. The van der Waals surface area contributed by atoms with E-state index in [9.17, 15) is 4.79 Å². The van der Waals surface area contributed by atoms with E-state index in [0.717, 1.165) is 12.1 Å². The Bertz CT molecular complexity index is 268. The number of aliphatic hydroxyl groups excluding tert-OH is 1. The average Bonchev–Trinajstić information content (AvgIpc) is 2.48. The van der Waals surface area contributed by atoms with Crippen molar-refractivity contribution in [1.29, 1.82) is 0 Å². The molecule has 0 amide bonds. The molecule has 1 aromatic rings. The highest BCUT2D eigenvalue weighted by atomic mass is 16.3. The normalized spacial score (nSPS) is 10.2. The molecule has 0 aliphatic rings. The van der Waals surface area contributed by atoms with Gasteiger partial charge in [0.2, 0.25) is 0 Å². The molecule has 1 aromatic heterocycles. The first-order valence-corrected chi connectivity index (χ1v) is 3.94. The highest BCUT2D eigenvalue weighted by Gasteiger charge is 2.03. The lowest BCUT2D eigenvalue weighted by Crippen LogP contribution is -2.04. The molecule has 0 spiro atoms. The Kier molecular flexibility index (Phi) is 2.99. The van der Waals surface area contributed by atoms with Crippen molar-refractivity contribution < 1.29 is 9.90 Å². The van der Waals surface area contributed by atoms with Crippen LogP contribution in [0.5, 0.6) is 0 Å². The van der Waals surface area contributed by atoms with Crippen molar-refractivity contribution >= 4 is 6.29 Å². The summed E-state index contributed by atoms with van der Waals surface area (Å²) in [6.45, 7) is 2.43. The first-order valence-electron chi connectivity index (χ1n) is 3.94. The van der Waals surface area contributed by atoms with Crippen LogP contribution in [0.2, 0.25) is 0 Å². The van der Waals surface area contributed by atoms with Crippen molar-refractivity contribution in [2.45, 2.75) is 19.9 Å². The van der Waals surface area contributed by atoms with Crippen molar-refractivity contribution in [3.63, 3.8) is 0 Å². The van der Waals surface area contributed by atoms with Gasteiger partial charge in [-0.15, -0.1) is 0 Å². The number of hydrogen-bond acceptors (Lipinski definition) is 3. The third-order valence-electron chi connectivity index (χ3n) is 1.67. The zero-order chi connectivity index (χ0) is 8.97. The maximum absolute atomic E-state index is 10.5. The zero-order valence-corrected chi connectivity index (χ0v) is 7.03. The van der Waals surface area contributed by atoms with Gasteiger partial charge in [0.15, 0.2) is 12.1 Å². The maximum atomic E-state index is 10.5. The van der Waals surface area contributed by atoms with Crippen LogP contribution >= 0.6 is 0 Å². The smallest absolute Gasteiger partial charge is 0.185 e. The molecular formula is C8H12N2O2. The standard InChI is InChI=1S/C8H12N2O2/c1-2-7-5-10(3-4-11)8(6-12)9-7/h5-6,11H,2-4H2,1H3. The second-order valence-electron chi connectivity index (χ2n) is 2.48. The molecular weight excluding hydrogens is 156 g/mol. The molecule has 1 N–H and O–H groups in total. The Morgan fingerprint density at radius 1 is 1.75 bits per heavy atom. The van der Waals surface area contributed by atoms with Crippen molar-refractivity contribution in [3.8, 4) is 0 Å². The summed E-state index contributed by atoms with van der Waals surface area (Å²) < 4.78 is 1.66. The molecule has 0 radical (unpaired) electrons. The molecule has 12 heavy (non-hydrogen) atoms. The number of aromatic nitrogens is 2. The summed E-state index contributed by atoms with van der Waals surface area (Å²) in [5.74, 6) is 0.390. The van der Waals surface area contributed by atoms with Gasteiger partial charge < -0.3 is 9.67 Å². The SMILES string of the molecule is CCc1cn(CCO)c(C=O)n1. The second-order valence-corrected chi connectivity index (χ2v) is 2.48. The summed E-state index contributed by atoms with van der Waals surface area (Å²) in [6, 6.07) is 0. The van der Waals surface area contributed by atoms with Crippen LogP contribution in [-0.4, -0.2) is 27.6 Å². The van der Waals surface area contributed by atoms with E-state index < -0.39 is 0 Å². The van der Waals surface area contributed by atoms with Crippen molar-refractivity contribution in [3.05, 3.63) is 17.7 Å². The summed E-state index contributed by atoms with van der Waals surface area (Å²) in [6.07, 6.45) is 3.30. The van der Waals surface area contributed by atoms with Gasteiger partial charge in [0.1, 0.15) is 0 Å². The molecule has 0 saturated carbocycles. The topological polar surface area (TPSA) is 55.1 Å².